The van der Waals surface area contributed by atoms with E-state index in [4.69, 9.17) is 11.5 Å². The Kier molecular flexibility index (Phi) is 4.31. The van der Waals surface area contributed by atoms with Crippen LogP contribution in [0.5, 0.6) is 0 Å². The van der Waals surface area contributed by atoms with Crippen LogP contribution in [0, 0.1) is 6.92 Å². The lowest BCUT2D eigenvalue weighted by molar-refractivity contribution is -0.118. The molecule has 18 heavy (non-hydrogen) atoms. The number of carbonyl (C=O) groups is 1. The van der Waals surface area contributed by atoms with Gasteiger partial charge in [-0.15, -0.1) is 0 Å². The highest BCUT2D eigenvalue weighted by atomic mass is 32.2. The Bertz CT molecular complexity index is 555. The average Bonchev–Trinajstić information content (AvgIpc) is 2.19. The molecule has 0 bridgehead atoms. The molecule has 1 unspecified atom stereocenters. The summed E-state index contributed by atoms with van der Waals surface area (Å²) in [7, 11) is -3.66. The minimum atomic E-state index is -3.66. The van der Waals surface area contributed by atoms with Gasteiger partial charge in [-0.3, -0.25) is 4.79 Å². The summed E-state index contributed by atoms with van der Waals surface area (Å²) >= 11 is 0. The summed E-state index contributed by atoms with van der Waals surface area (Å²) in [6.45, 7) is 3.30. The van der Waals surface area contributed by atoms with Gasteiger partial charge in [0.1, 0.15) is 0 Å². The molecule has 1 amide bonds. The van der Waals surface area contributed by atoms with Crippen molar-refractivity contribution >= 4 is 21.6 Å². The van der Waals surface area contributed by atoms with Crippen molar-refractivity contribution in [2.75, 3.05) is 5.73 Å². The van der Waals surface area contributed by atoms with E-state index in [0.29, 0.717) is 11.3 Å². The molecule has 0 aliphatic carbocycles. The molecule has 5 N–H and O–H groups in total. The van der Waals surface area contributed by atoms with E-state index in [1.54, 1.807) is 13.8 Å². The summed E-state index contributed by atoms with van der Waals surface area (Å²) in [5.74, 6) is -0.557. The number of carbonyl (C=O) groups excluding carboxylic acids is 1. The van der Waals surface area contributed by atoms with E-state index >= 15 is 0 Å². The Morgan fingerprint density at radius 3 is 2.56 bits per heavy atom. The van der Waals surface area contributed by atoms with Crippen molar-refractivity contribution in [2.24, 2.45) is 5.73 Å². The number of nitrogens with one attached hydrogen (secondary N) is 1. The van der Waals surface area contributed by atoms with E-state index in [-0.39, 0.29) is 11.3 Å². The molecular formula is C11H17N3O3S. The van der Waals surface area contributed by atoms with Crippen LogP contribution >= 0.6 is 0 Å². The maximum absolute atomic E-state index is 12.0. The second kappa shape index (κ2) is 5.36. The van der Waals surface area contributed by atoms with Gasteiger partial charge in [0.25, 0.3) is 0 Å². The monoisotopic (exact) mass is 271 g/mol. The van der Waals surface area contributed by atoms with E-state index in [1.807, 2.05) is 0 Å². The average molecular weight is 271 g/mol. The quantitative estimate of drug-likeness (QED) is 0.659. The van der Waals surface area contributed by atoms with Gasteiger partial charge in [-0.1, -0.05) is 0 Å². The molecule has 1 rings (SSSR count). The van der Waals surface area contributed by atoms with Crippen molar-refractivity contribution in [1.29, 1.82) is 0 Å². The van der Waals surface area contributed by atoms with Gasteiger partial charge in [0, 0.05) is 18.2 Å². The van der Waals surface area contributed by atoms with Gasteiger partial charge in [-0.05, 0) is 37.6 Å². The van der Waals surface area contributed by atoms with Gasteiger partial charge >= 0.3 is 0 Å². The number of sulfonamides is 1. The first-order chi connectivity index (χ1) is 8.22. The number of anilines is 1. The largest absolute Gasteiger partial charge is 0.399 e. The summed E-state index contributed by atoms with van der Waals surface area (Å²) < 4.78 is 26.3. The molecule has 0 aliphatic heterocycles. The molecule has 0 aliphatic rings. The van der Waals surface area contributed by atoms with Crippen LogP contribution in [0.25, 0.3) is 0 Å². The maximum atomic E-state index is 12.0. The summed E-state index contributed by atoms with van der Waals surface area (Å²) in [5.41, 5.74) is 11.8. The minimum absolute atomic E-state index is 0.0484. The molecule has 0 saturated heterocycles. The highest BCUT2D eigenvalue weighted by Gasteiger charge is 2.18. The van der Waals surface area contributed by atoms with Crippen molar-refractivity contribution in [3.63, 3.8) is 0 Å². The summed E-state index contributed by atoms with van der Waals surface area (Å²) in [6.07, 6.45) is -0.0484. The van der Waals surface area contributed by atoms with Gasteiger partial charge in [0.2, 0.25) is 15.9 Å². The lowest BCUT2D eigenvalue weighted by Crippen LogP contribution is -2.35. The number of aryl methyl sites for hydroxylation is 1. The Hall–Kier alpha value is -1.60. The second-order valence-corrected chi connectivity index (χ2v) is 5.93. The first-order valence-electron chi connectivity index (χ1n) is 5.39. The highest BCUT2D eigenvalue weighted by molar-refractivity contribution is 7.89. The highest BCUT2D eigenvalue weighted by Crippen LogP contribution is 2.17. The molecule has 1 aromatic rings. The van der Waals surface area contributed by atoms with Crippen molar-refractivity contribution in [3.8, 4) is 0 Å². The van der Waals surface area contributed by atoms with Gasteiger partial charge in [-0.25, -0.2) is 13.1 Å². The number of hydrogen-bond donors (Lipinski definition) is 3. The first kappa shape index (κ1) is 14.5. The summed E-state index contributed by atoms with van der Waals surface area (Å²) in [5, 5.41) is 0. The molecule has 0 saturated carbocycles. The molecular weight excluding hydrogens is 254 g/mol. The van der Waals surface area contributed by atoms with Crippen LogP contribution in [0.3, 0.4) is 0 Å². The number of benzene rings is 1. The van der Waals surface area contributed by atoms with E-state index in [2.05, 4.69) is 4.72 Å². The number of primary amides is 1. The number of nitrogen functional groups attached to an aromatic ring is 1. The number of amides is 1. The van der Waals surface area contributed by atoms with Gasteiger partial charge in [0.15, 0.2) is 0 Å². The van der Waals surface area contributed by atoms with Gasteiger partial charge in [-0.2, -0.15) is 0 Å². The lowest BCUT2D eigenvalue weighted by Gasteiger charge is -2.13. The van der Waals surface area contributed by atoms with Crippen LogP contribution in [0.1, 0.15) is 18.9 Å². The number of rotatable bonds is 5. The summed E-state index contributed by atoms with van der Waals surface area (Å²) in [6, 6.07) is 3.88. The van der Waals surface area contributed by atoms with Crippen molar-refractivity contribution in [3.05, 3.63) is 23.8 Å². The zero-order chi connectivity index (χ0) is 13.9. The van der Waals surface area contributed by atoms with Crippen molar-refractivity contribution < 1.29 is 13.2 Å². The molecule has 1 atom stereocenters. The molecule has 0 aromatic heterocycles. The third-order valence-corrected chi connectivity index (χ3v) is 4.00. The Labute approximate surface area is 106 Å². The Morgan fingerprint density at radius 2 is 2.06 bits per heavy atom. The first-order valence-corrected chi connectivity index (χ1v) is 6.87. The SMILES string of the molecule is Cc1cc(S(=O)(=O)NC(C)CC(N)=O)ccc1N. The maximum Gasteiger partial charge on any atom is 0.240 e. The topological polar surface area (TPSA) is 115 Å². The van der Waals surface area contributed by atoms with Crippen LogP contribution < -0.4 is 16.2 Å². The van der Waals surface area contributed by atoms with Crippen LogP contribution in [-0.2, 0) is 14.8 Å². The molecule has 6 nitrogen and oxygen atoms in total. The van der Waals surface area contributed by atoms with Gasteiger partial charge < -0.3 is 11.5 Å². The molecule has 0 fully saturated rings. The Balaban J connectivity index is 2.92. The van der Waals surface area contributed by atoms with Crippen molar-refractivity contribution in [2.45, 2.75) is 31.2 Å². The predicted octanol–water partition coefficient (Wildman–Crippen LogP) is 0.119. The predicted molar refractivity (Wildman–Crippen MR) is 69.2 cm³/mol. The molecule has 0 radical (unpaired) electrons. The van der Waals surface area contributed by atoms with E-state index in [0.717, 1.165) is 0 Å². The fourth-order valence-corrected chi connectivity index (χ4v) is 2.82. The van der Waals surface area contributed by atoms with Crippen LogP contribution in [-0.4, -0.2) is 20.4 Å². The standard InChI is InChI=1S/C11H17N3O3S/c1-7-5-9(3-4-10(7)12)18(16,17)14-8(2)6-11(13)15/h3-5,8,14H,6,12H2,1-2H3,(H2,13,15). The number of nitrogens with two attached hydrogens (primary N) is 2. The summed E-state index contributed by atoms with van der Waals surface area (Å²) in [4.78, 5) is 10.8. The third kappa shape index (κ3) is 3.71. The Morgan fingerprint density at radius 1 is 1.44 bits per heavy atom. The molecule has 1 aromatic carbocycles. The van der Waals surface area contributed by atoms with Crippen LogP contribution in [0.4, 0.5) is 5.69 Å². The second-order valence-electron chi connectivity index (χ2n) is 4.21. The van der Waals surface area contributed by atoms with E-state index < -0.39 is 22.0 Å². The fraction of sp³-hybridized carbons (Fsp3) is 0.364. The van der Waals surface area contributed by atoms with Crippen LogP contribution in [0.2, 0.25) is 0 Å². The van der Waals surface area contributed by atoms with Crippen LogP contribution in [0.15, 0.2) is 23.1 Å². The van der Waals surface area contributed by atoms with E-state index in [9.17, 15) is 13.2 Å². The molecule has 100 valence electrons. The molecule has 0 heterocycles. The third-order valence-electron chi connectivity index (χ3n) is 2.42. The zero-order valence-electron chi connectivity index (χ0n) is 10.3. The van der Waals surface area contributed by atoms with Gasteiger partial charge in [0.05, 0.1) is 4.90 Å². The van der Waals surface area contributed by atoms with Crippen molar-refractivity contribution in [1.82, 2.24) is 4.72 Å². The fourth-order valence-electron chi connectivity index (χ4n) is 1.49. The minimum Gasteiger partial charge on any atom is -0.399 e. The lowest BCUT2D eigenvalue weighted by atomic mass is 10.2. The number of hydrogen-bond acceptors (Lipinski definition) is 4. The van der Waals surface area contributed by atoms with E-state index in [1.165, 1.54) is 18.2 Å². The smallest absolute Gasteiger partial charge is 0.240 e. The normalized spacial score (nSPS) is 13.2. The zero-order valence-corrected chi connectivity index (χ0v) is 11.1. The molecule has 0 spiro atoms. The molecule has 7 heteroatoms.